The maximum Gasteiger partial charge on any atom is 0.258 e. The van der Waals surface area contributed by atoms with Crippen LogP contribution in [0.3, 0.4) is 0 Å². The minimum atomic E-state index is -2.63. The molecule has 6 atom stereocenters. The van der Waals surface area contributed by atoms with E-state index in [-0.39, 0.29) is 22.6 Å². The van der Waals surface area contributed by atoms with Gasteiger partial charge in [-0.1, -0.05) is 42.0 Å². The summed E-state index contributed by atoms with van der Waals surface area (Å²) in [7, 11) is 0. The highest BCUT2D eigenvalue weighted by molar-refractivity contribution is 6.58. The molecule has 2 saturated heterocycles. The lowest BCUT2D eigenvalue weighted by atomic mass is 9.56. The fourth-order valence-electron chi connectivity index (χ4n) is 7.63. The Hall–Kier alpha value is -4.29. The minimum Gasteiger partial charge on any atom is -0.508 e. The molecule has 242 valence electrons. The monoisotopic (exact) mass is 690 g/mol. The summed E-state index contributed by atoms with van der Waals surface area (Å²) in [6.07, 6.45) is 1.03. The predicted octanol–water partition coefficient (Wildman–Crippen LogP) is 6.16. The fourth-order valence-corrected chi connectivity index (χ4v) is 8.57. The Balaban J connectivity index is 1.44. The highest BCUT2D eigenvalue weighted by Gasteiger charge is 2.77. The number of halogens is 7. The number of carbonyl (C=O) groups is 4. The maximum absolute atomic E-state index is 15.1. The minimum absolute atomic E-state index is 0.0176. The molecule has 0 radical (unpaired) electrons. The zero-order chi connectivity index (χ0) is 33.9. The van der Waals surface area contributed by atoms with Crippen LogP contribution in [-0.4, -0.2) is 38.5 Å². The van der Waals surface area contributed by atoms with Crippen LogP contribution >= 0.6 is 23.2 Å². The van der Waals surface area contributed by atoms with Crippen LogP contribution in [0.5, 0.6) is 5.75 Å². The van der Waals surface area contributed by atoms with Crippen molar-refractivity contribution in [3.8, 4) is 5.75 Å². The molecule has 4 aliphatic rings. The van der Waals surface area contributed by atoms with E-state index in [1.54, 1.807) is 36.4 Å². The van der Waals surface area contributed by atoms with Gasteiger partial charge in [-0.3, -0.25) is 24.1 Å². The van der Waals surface area contributed by atoms with E-state index in [1.165, 1.54) is 25.1 Å². The summed E-state index contributed by atoms with van der Waals surface area (Å²) in [6.45, 7) is 1.53. The van der Waals surface area contributed by atoms with Crippen molar-refractivity contribution >= 4 is 58.2 Å². The number of para-hydroxylation sites is 1. The molecule has 7 nitrogen and oxygen atoms in total. The van der Waals surface area contributed by atoms with Gasteiger partial charge in [0.1, 0.15) is 11.4 Å². The number of benzene rings is 3. The van der Waals surface area contributed by atoms with Gasteiger partial charge in [-0.05, 0) is 55.0 Å². The molecule has 0 bridgehead atoms. The molecule has 2 aliphatic carbocycles. The van der Waals surface area contributed by atoms with E-state index < -0.39 is 98.2 Å². The van der Waals surface area contributed by atoms with Crippen LogP contribution in [0.15, 0.2) is 60.2 Å². The zero-order valence-corrected chi connectivity index (χ0v) is 25.6. The van der Waals surface area contributed by atoms with Crippen LogP contribution in [0, 0.1) is 53.8 Å². The molecule has 47 heavy (non-hydrogen) atoms. The second kappa shape index (κ2) is 10.4. The molecule has 3 aromatic carbocycles. The number of aryl methyl sites for hydroxylation is 1. The lowest BCUT2D eigenvalue weighted by molar-refractivity contribution is -0.125. The maximum atomic E-state index is 15.1. The lowest BCUT2D eigenvalue weighted by Gasteiger charge is -2.50. The summed E-state index contributed by atoms with van der Waals surface area (Å²) in [5.74, 6) is -21.1. The molecule has 6 unspecified atom stereocenters. The van der Waals surface area contributed by atoms with Gasteiger partial charge in [-0.25, -0.2) is 26.9 Å². The predicted molar refractivity (Wildman–Crippen MR) is 158 cm³/mol. The highest BCUT2D eigenvalue weighted by Crippen LogP contribution is 2.66. The number of hydrogen-bond acceptors (Lipinski definition) is 5. The molecule has 2 heterocycles. The van der Waals surface area contributed by atoms with Crippen LogP contribution in [0.1, 0.15) is 29.9 Å². The van der Waals surface area contributed by atoms with Gasteiger partial charge in [0.05, 0.1) is 17.5 Å². The third-order valence-corrected chi connectivity index (χ3v) is 11.2. The molecule has 2 aliphatic heterocycles. The summed E-state index contributed by atoms with van der Waals surface area (Å²) in [5.41, 5.74) is -0.721. The molecule has 7 rings (SSSR count). The Bertz CT molecular complexity index is 1960. The second-order valence-corrected chi connectivity index (χ2v) is 13.3. The van der Waals surface area contributed by atoms with Crippen molar-refractivity contribution in [2.24, 2.45) is 17.8 Å². The highest BCUT2D eigenvalue weighted by atomic mass is 35.5. The summed E-state index contributed by atoms with van der Waals surface area (Å²) in [6, 6.07) is 12.2. The van der Waals surface area contributed by atoms with Crippen molar-refractivity contribution in [2.75, 3.05) is 9.80 Å². The van der Waals surface area contributed by atoms with Crippen molar-refractivity contribution in [1.29, 1.82) is 0 Å². The summed E-state index contributed by atoms with van der Waals surface area (Å²) < 4.78 is 73.0. The standard InChI is InChI=1S/C33H21Cl2F5N2O5/c1-13-11-14(7-10-19(13)43)21-16-8-9-17-20(29(45)41(28(17)44)15-5-3-2-4-6-15)18(16)12-32(34)30(46)42(31(47)33(21,32)35)27-25(39)23(37)22(36)24(38)26(27)40/h2-8,10-11,17-18,20-21,43H,9,12H2,1H3. The number of carbonyl (C=O) groups excluding carboxylic acids is 4. The van der Waals surface area contributed by atoms with Gasteiger partial charge in [0.2, 0.25) is 17.6 Å². The average molecular weight is 691 g/mol. The number of alkyl halides is 2. The molecule has 14 heteroatoms. The van der Waals surface area contributed by atoms with Crippen molar-refractivity contribution < 1.29 is 46.2 Å². The quantitative estimate of drug-likeness (QED) is 0.0887. The summed E-state index contributed by atoms with van der Waals surface area (Å²) in [5, 5.41) is 10.2. The Kier molecular flexibility index (Phi) is 6.90. The number of phenols is 1. The third-order valence-electron chi connectivity index (χ3n) is 9.79. The Morgan fingerprint density at radius 3 is 2.02 bits per heavy atom. The SMILES string of the molecule is Cc1cc(C2C3=CCC4C(=O)N(c5ccccc5)C(=O)C4C3CC3(Cl)C(=O)N(c4c(F)c(F)c(F)c(F)c4F)C(=O)C23Cl)ccc1O. The number of rotatable bonds is 3. The van der Waals surface area contributed by atoms with Gasteiger partial charge in [-0.15, -0.1) is 23.2 Å². The Morgan fingerprint density at radius 2 is 1.40 bits per heavy atom. The fraction of sp³-hybridized carbons (Fsp3) is 0.273. The first-order valence-corrected chi connectivity index (χ1v) is 15.1. The first-order chi connectivity index (χ1) is 22.2. The molecule has 3 fully saturated rings. The largest absolute Gasteiger partial charge is 0.508 e. The number of imide groups is 2. The summed E-state index contributed by atoms with van der Waals surface area (Å²) >= 11 is 14.2. The molecule has 3 aromatic rings. The lowest BCUT2D eigenvalue weighted by Crippen LogP contribution is -2.60. The molecule has 4 amide bonds. The van der Waals surface area contributed by atoms with Gasteiger partial charge in [0, 0.05) is 5.92 Å². The van der Waals surface area contributed by atoms with Crippen molar-refractivity contribution in [1.82, 2.24) is 0 Å². The number of hydrogen-bond donors (Lipinski definition) is 1. The molecule has 1 saturated carbocycles. The normalized spacial score (nSPS) is 30.0. The van der Waals surface area contributed by atoms with Crippen molar-refractivity contribution in [2.45, 2.75) is 35.4 Å². The van der Waals surface area contributed by atoms with Gasteiger partial charge in [0.25, 0.3) is 11.8 Å². The average Bonchev–Trinajstić information content (AvgIpc) is 3.39. The van der Waals surface area contributed by atoms with E-state index in [2.05, 4.69) is 0 Å². The van der Waals surface area contributed by atoms with Crippen LogP contribution in [-0.2, 0) is 19.2 Å². The number of phenolic OH excluding ortho intramolecular Hbond substituents is 1. The first kappa shape index (κ1) is 31.3. The molecule has 1 N–H and O–H groups in total. The van der Waals surface area contributed by atoms with Crippen LogP contribution < -0.4 is 9.80 Å². The van der Waals surface area contributed by atoms with Crippen LogP contribution in [0.4, 0.5) is 33.3 Å². The van der Waals surface area contributed by atoms with E-state index in [0.717, 1.165) is 4.90 Å². The number of anilines is 2. The number of nitrogens with zero attached hydrogens (tertiary/aromatic N) is 2. The van der Waals surface area contributed by atoms with Crippen molar-refractivity contribution in [3.05, 3.63) is 100 Å². The number of fused-ring (bicyclic) bond motifs is 4. The van der Waals surface area contributed by atoms with Crippen LogP contribution in [0.2, 0.25) is 0 Å². The Labute approximate surface area is 273 Å². The van der Waals surface area contributed by atoms with E-state index in [0.29, 0.717) is 16.8 Å². The Morgan fingerprint density at radius 1 is 0.787 bits per heavy atom. The molecule has 0 aromatic heterocycles. The zero-order valence-electron chi connectivity index (χ0n) is 24.0. The third kappa shape index (κ3) is 3.91. The first-order valence-electron chi connectivity index (χ1n) is 14.4. The summed E-state index contributed by atoms with van der Waals surface area (Å²) in [4.78, 5) is 51.7. The number of allylic oxidation sites excluding steroid dienone is 2. The number of amides is 4. The van der Waals surface area contributed by atoms with Gasteiger partial charge >= 0.3 is 0 Å². The van der Waals surface area contributed by atoms with Crippen molar-refractivity contribution in [3.63, 3.8) is 0 Å². The van der Waals surface area contributed by atoms with Gasteiger partial charge in [-0.2, -0.15) is 0 Å². The molecule has 0 spiro atoms. The number of aromatic hydroxyl groups is 1. The second-order valence-electron chi connectivity index (χ2n) is 12.1. The molecular formula is C33H21Cl2F5N2O5. The van der Waals surface area contributed by atoms with E-state index in [1.807, 2.05) is 0 Å². The molecular weight excluding hydrogens is 670 g/mol. The smallest absolute Gasteiger partial charge is 0.258 e. The van der Waals surface area contributed by atoms with Crippen LogP contribution in [0.25, 0.3) is 0 Å². The topological polar surface area (TPSA) is 95.0 Å². The van der Waals surface area contributed by atoms with Gasteiger partial charge < -0.3 is 5.11 Å². The van der Waals surface area contributed by atoms with E-state index in [4.69, 9.17) is 23.2 Å². The van der Waals surface area contributed by atoms with E-state index in [9.17, 15) is 37.5 Å². The van der Waals surface area contributed by atoms with Gasteiger partial charge in [0.15, 0.2) is 33.0 Å². The van der Waals surface area contributed by atoms with E-state index >= 15 is 8.78 Å².